The predicted molar refractivity (Wildman–Crippen MR) is 56.0 cm³/mol. The number of hydrogen-bond donors (Lipinski definition) is 2. The number of anilines is 1. The van der Waals surface area contributed by atoms with E-state index >= 15 is 0 Å². The number of fused-ring (bicyclic) bond motifs is 1. The smallest absolute Gasteiger partial charge is 0.233 e. The maximum absolute atomic E-state index is 11.7. The predicted octanol–water partition coefficient (Wildman–Crippen LogP) is 1.75. The minimum Gasteiger partial charge on any atom is -0.506 e. The van der Waals surface area contributed by atoms with Crippen LogP contribution in [0.15, 0.2) is 18.2 Å². The first-order chi connectivity index (χ1) is 7.00. The topological polar surface area (TPSA) is 58.6 Å². The molecule has 0 bridgehead atoms. The highest BCUT2D eigenvalue weighted by Crippen LogP contribution is 2.37. The van der Waals surface area contributed by atoms with E-state index in [2.05, 4.69) is 5.32 Å². The van der Waals surface area contributed by atoms with E-state index < -0.39 is 5.41 Å². The molecule has 0 saturated heterocycles. The van der Waals surface area contributed by atoms with Gasteiger partial charge in [0, 0.05) is 0 Å². The van der Waals surface area contributed by atoms with Crippen molar-refractivity contribution in [2.45, 2.75) is 13.8 Å². The van der Waals surface area contributed by atoms with Crippen molar-refractivity contribution in [3.63, 3.8) is 0 Å². The summed E-state index contributed by atoms with van der Waals surface area (Å²) >= 11 is 0. The van der Waals surface area contributed by atoms with Crippen LogP contribution in [0.2, 0.25) is 0 Å². The Bertz CT molecular complexity index is 412. The number of phenols is 1. The summed E-state index contributed by atoms with van der Waals surface area (Å²) in [5.74, 6) is 0.384. The maximum Gasteiger partial charge on any atom is 0.233 e. The Morgan fingerprint density at radius 3 is 2.93 bits per heavy atom. The fourth-order valence-corrected chi connectivity index (χ4v) is 1.37. The average Bonchev–Trinajstić information content (AvgIpc) is 2.28. The van der Waals surface area contributed by atoms with Gasteiger partial charge in [0.05, 0.1) is 5.41 Å². The Balaban J connectivity index is 2.45. The van der Waals surface area contributed by atoms with E-state index in [1.54, 1.807) is 26.0 Å². The zero-order valence-corrected chi connectivity index (χ0v) is 8.70. The van der Waals surface area contributed by atoms with Gasteiger partial charge in [0.2, 0.25) is 5.91 Å². The first kappa shape index (κ1) is 9.83. The summed E-state index contributed by atoms with van der Waals surface area (Å²) in [5, 5.41) is 12.2. The molecule has 0 spiro atoms. The third-order valence-corrected chi connectivity index (χ3v) is 2.45. The largest absolute Gasteiger partial charge is 0.506 e. The van der Waals surface area contributed by atoms with Crippen molar-refractivity contribution < 1.29 is 14.6 Å². The van der Waals surface area contributed by atoms with E-state index in [9.17, 15) is 9.90 Å². The molecule has 1 amide bonds. The molecule has 4 nitrogen and oxygen atoms in total. The Morgan fingerprint density at radius 2 is 2.20 bits per heavy atom. The van der Waals surface area contributed by atoms with E-state index in [1.807, 2.05) is 0 Å². The molecular weight excluding hydrogens is 194 g/mol. The fraction of sp³-hybridized carbons (Fsp3) is 0.364. The minimum absolute atomic E-state index is 0.0264. The summed E-state index contributed by atoms with van der Waals surface area (Å²) < 4.78 is 5.47. The molecule has 2 N–H and O–H groups in total. The van der Waals surface area contributed by atoms with Crippen LogP contribution in [0.1, 0.15) is 13.8 Å². The maximum atomic E-state index is 11.7. The number of carbonyl (C=O) groups excluding carboxylic acids is 1. The van der Waals surface area contributed by atoms with E-state index in [0.717, 1.165) is 0 Å². The Hall–Kier alpha value is -1.71. The Morgan fingerprint density at radius 1 is 1.47 bits per heavy atom. The van der Waals surface area contributed by atoms with Gasteiger partial charge in [0.15, 0.2) is 0 Å². The third-order valence-electron chi connectivity index (χ3n) is 2.45. The van der Waals surface area contributed by atoms with E-state index in [0.29, 0.717) is 18.0 Å². The number of hydrogen-bond acceptors (Lipinski definition) is 3. The Kier molecular flexibility index (Phi) is 2.07. The van der Waals surface area contributed by atoms with Crippen LogP contribution in [-0.2, 0) is 4.79 Å². The summed E-state index contributed by atoms with van der Waals surface area (Å²) in [6, 6.07) is 4.91. The van der Waals surface area contributed by atoms with Crippen molar-refractivity contribution in [1.82, 2.24) is 0 Å². The summed E-state index contributed by atoms with van der Waals surface area (Å²) in [5.41, 5.74) is -0.237. The van der Waals surface area contributed by atoms with Crippen LogP contribution < -0.4 is 10.1 Å². The molecular formula is C11H13NO3. The van der Waals surface area contributed by atoms with E-state index in [1.165, 1.54) is 6.07 Å². The van der Waals surface area contributed by atoms with Crippen LogP contribution in [-0.4, -0.2) is 17.6 Å². The lowest BCUT2D eigenvalue weighted by Gasteiger charge is -2.18. The molecule has 0 unspecified atom stereocenters. The minimum atomic E-state index is -0.592. The second kappa shape index (κ2) is 3.15. The number of phenolic OH excluding ortho intramolecular Hbond substituents is 1. The molecule has 1 aliphatic heterocycles. The quantitative estimate of drug-likeness (QED) is 0.637. The molecule has 1 aromatic carbocycles. The third kappa shape index (κ3) is 1.63. The molecule has 80 valence electrons. The van der Waals surface area contributed by atoms with E-state index in [-0.39, 0.29) is 11.7 Å². The first-order valence-electron chi connectivity index (χ1n) is 4.77. The zero-order valence-electron chi connectivity index (χ0n) is 8.70. The van der Waals surface area contributed by atoms with Crippen molar-refractivity contribution >= 4 is 11.6 Å². The van der Waals surface area contributed by atoms with Crippen LogP contribution in [0.25, 0.3) is 0 Å². The van der Waals surface area contributed by atoms with Gasteiger partial charge in [-0.05, 0) is 26.0 Å². The second-order valence-electron chi connectivity index (χ2n) is 4.28. The van der Waals surface area contributed by atoms with Gasteiger partial charge in [0.1, 0.15) is 23.8 Å². The average molecular weight is 207 g/mol. The van der Waals surface area contributed by atoms with Gasteiger partial charge >= 0.3 is 0 Å². The fourth-order valence-electron chi connectivity index (χ4n) is 1.37. The summed E-state index contributed by atoms with van der Waals surface area (Å²) in [7, 11) is 0. The highest BCUT2D eigenvalue weighted by atomic mass is 16.5. The van der Waals surface area contributed by atoms with Gasteiger partial charge in [-0.2, -0.15) is 0 Å². The summed E-state index contributed by atoms with van der Waals surface area (Å²) in [6.45, 7) is 3.89. The molecule has 1 heterocycles. The van der Waals surface area contributed by atoms with Gasteiger partial charge in [0.25, 0.3) is 0 Å². The van der Waals surface area contributed by atoms with Crippen molar-refractivity contribution in [1.29, 1.82) is 0 Å². The van der Waals surface area contributed by atoms with Gasteiger partial charge in [-0.1, -0.05) is 6.07 Å². The summed E-state index contributed by atoms with van der Waals surface area (Å²) in [4.78, 5) is 11.7. The number of para-hydroxylation sites is 1. The van der Waals surface area contributed by atoms with Crippen LogP contribution in [0, 0.1) is 5.41 Å². The lowest BCUT2D eigenvalue weighted by molar-refractivity contribution is -0.124. The summed E-state index contributed by atoms with van der Waals surface area (Å²) in [6.07, 6.45) is 0. The SMILES string of the molecule is CC1(C)COc2cccc(O)c2NC1=O. The molecule has 0 radical (unpaired) electrons. The molecule has 0 aliphatic carbocycles. The number of nitrogens with one attached hydrogen (secondary N) is 1. The lowest BCUT2D eigenvalue weighted by atomic mass is 9.94. The number of ether oxygens (including phenoxy) is 1. The first-order valence-corrected chi connectivity index (χ1v) is 4.77. The van der Waals surface area contributed by atoms with Crippen molar-refractivity contribution in [3.05, 3.63) is 18.2 Å². The molecule has 0 fully saturated rings. The molecule has 15 heavy (non-hydrogen) atoms. The molecule has 0 saturated carbocycles. The van der Waals surface area contributed by atoms with Crippen molar-refractivity contribution in [2.75, 3.05) is 11.9 Å². The van der Waals surface area contributed by atoms with E-state index in [4.69, 9.17) is 4.74 Å². The van der Waals surface area contributed by atoms with Crippen molar-refractivity contribution in [3.8, 4) is 11.5 Å². The van der Waals surface area contributed by atoms with Gasteiger partial charge in [-0.15, -0.1) is 0 Å². The molecule has 4 heteroatoms. The van der Waals surface area contributed by atoms with Crippen LogP contribution in [0.5, 0.6) is 11.5 Å². The second-order valence-corrected chi connectivity index (χ2v) is 4.28. The van der Waals surface area contributed by atoms with Crippen LogP contribution >= 0.6 is 0 Å². The monoisotopic (exact) mass is 207 g/mol. The van der Waals surface area contributed by atoms with Gasteiger partial charge in [-0.3, -0.25) is 4.79 Å². The number of carbonyl (C=O) groups is 1. The molecule has 2 rings (SSSR count). The number of rotatable bonds is 0. The highest BCUT2D eigenvalue weighted by molar-refractivity contribution is 5.98. The van der Waals surface area contributed by atoms with Gasteiger partial charge in [-0.25, -0.2) is 0 Å². The van der Waals surface area contributed by atoms with Gasteiger partial charge < -0.3 is 15.2 Å². The van der Waals surface area contributed by atoms with Crippen molar-refractivity contribution in [2.24, 2.45) is 5.41 Å². The standard InChI is InChI=1S/C11H13NO3/c1-11(2)6-15-8-5-3-4-7(13)9(8)12-10(11)14/h3-5,13H,6H2,1-2H3,(H,12,14). The van der Waals surface area contributed by atoms with Crippen LogP contribution in [0.4, 0.5) is 5.69 Å². The Labute approximate surface area is 87.9 Å². The zero-order chi connectivity index (χ0) is 11.1. The molecule has 1 aromatic rings. The molecule has 1 aliphatic rings. The number of amides is 1. The number of benzene rings is 1. The normalized spacial score (nSPS) is 18.4. The molecule has 0 atom stereocenters. The molecule has 0 aromatic heterocycles. The van der Waals surface area contributed by atoms with Crippen LogP contribution in [0.3, 0.4) is 0 Å². The highest BCUT2D eigenvalue weighted by Gasteiger charge is 2.33. The number of aromatic hydroxyl groups is 1. The lowest BCUT2D eigenvalue weighted by Crippen LogP contribution is -2.33.